The summed E-state index contributed by atoms with van der Waals surface area (Å²) in [6, 6.07) is 19.3. The Morgan fingerprint density at radius 2 is 1.50 bits per heavy atom. The second-order valence-electron chi connectivity index (χ2n) is 7.07. The lowest BCUT2D eigenvalue weighted by atomic mass is 9.89. The third-order valence-electron chi connectivity index (χ3n) is 5.23. The maximum Gasteiger partial charge on any atom is 0.252 e. The molecule has 3 rings (SSSR count). The molecule has 1 unspecified atom stereocenters. The van der Waals surface area contributed by atoms with Crippen molar-refractivity contribution in [2.24, 2.45) is 0 Å². The molecule has 7 heteroatoms. The van der Waals surface area contributed by atoms with Crippen LogP contribution in [0, 0.1) is 0 Å². The van der Waals surface area contributed by atoms with Crippen molar-refractivity contribution in [1.82, 2.24) is 9.21 Å². The number of hydrogen-bond acceptors (Lipinski definition) is 4. The van der Waals surface area contributed by atoms with Crippen LogP contribution < -0.4 is 5.32 Å². The number of benzene rings is 2. The van der Waals surface area contributed by atoms with E-state index in [2.05, 4.69) is 5.32 Å². The molecular weight excluding hydrogens is 374 g/mol. The van der Waals surface area contributed by atoms with E-state index in [0.717, 1.165) is 11.3 Å². The van der Waals surface area contributed by atoms with Crippen molar-refractivity contribution >= 4 is 21.6 Å². The number of amides is 1. The summed E-state index contributed by atoms with van der Waals surface area (Å²) in [5, 5.41) is 3.40. The molecule has 1 atom stereocenters. The van der Waals surface area contributed by atoms with Gasteiger partial charge in [0.05, 0.1) is 5.75 Å². The first-order valence-corrected chi connectivity index (χ1v) is 11.1. The van der Waals surface area contributed by atoms with Gasteiger partial charge in [0.25, 0.3) is 5.91 Å². The first-order valence-electron chi connectivity index (χ1n) is 9.53. The maximum absolute atomic E-state index is 13.5. The number of sulfonamides is 1. The third-order valence-corrected chi connectivity index (χ3v) is 7.11. The first kappa shape index (κ1) is 20.4. The van der Waals surface area contributed by atoms with Crippen molar-refractivity contribution in [1.29, 1.82) is 0 Å². The topological polar surface area (TPSA) is 69.7 Å². The lowest BCUT2D eigenvalue weighted by Crippen LogP contribution is -2.57. The Bertz CT molecular complexity index is 895. The van der Waals surface area contributed by atoms with Crippen LogP contribution in [0.5, 0.6) is 0 Å². The fourth-order valence-corrected chi connectivity index (χ4v) is 4.58. The molecule has 0 spiro atoms. The summed E-state index contributed by atoms with van der Waals surface area (Å²) in [5.74, 6) is 0.0224. The normalized spacial score (nSPS) is 17.7. The highest BCUT2D eigenvalue weighted by atomic mass is 32.2. The van der Waals surface area contributed by atoms with Gasteiger partial charge in [-0.1, -0.05) is 48.5 Å². The Morgan fingerprint density at radius 3 is 2.04 bits per heavy atom. The molecule has 2 aromatic rings. The highest BCUT2D eigenvalue weighted by Crippen LogP contribution is 2.29. The van der Waals surface area contributed by atoms with Crippen molar-refractivity contribution in [2.75, 3.05) is 37.2 Å². The molecule has 1 aliphatic heterocycles. The van der Waals surface area contributed by atoms with Gasteiger partial charge in [0.15, 0.2) is 0 Å². The Hall–Kier alpha value is -2.38. The van der Waals surface area contributed by atoms with Gasteiger partial charge in [-0.3, -0.25) is 4.79 Å². The molecule has 150 valence electrons. The van der Waals surface area contributed by atoms with E-state index in [-0.39, 0.29) is 11.7 Å². The minimum absolute atomic E-state index is 0.0592. The van der Waals surface area contributed by atoms with Gasteiger partial charge < -0.3 is 10.2 Å². The Balaban J connectivity index is 1.84. The van der Waals surface area contributed by atoms with Crippen molar-refractivity contribution in [3.05, 3.63) is 66.2 Å². The summed E-state index contributed by atoms with van der Waals surface area (Å²) in [6.07, 6.45) is 0. The van der Waals surface area contributed by atoms with Gasteiger partial charge in [-0.2, -0.15) is 4.31 Å². The monoisotopic (exact) mass is 401 g/mol. The minimum atomic E-state index is -3.23. The van der Waals surface area contributed by atoms with Crippen LogP contribution in [0.15, 0.2) is 60.7 Å². The molecule has 6 nitrogen and oxygen atoms in total. The molecule has 0 bridgehead atoms. The zero-order valence-electron chi connectivity index (χ0n) is 16.3. The average molecular weight is 402 g/mol. The zero-order chi connectivity index (χ0) is 20.2. The van der Waals surface area contributed by atoms with Crippen LogP contribution in [0.3, 0.4) is 0 Å². The van der Waals surface area contributed by atoms with Gasteiger partial charge in [0.1, 0.15) is 5.54 Å². The van der Waals surface area contributed by atoms with E-state index >= 15 is 0 Å². The number of hydrogen-bond donors (Lipinski definition) is 1. The summed E-state index contributed by atoms with van der Waals surface area (Å²) < 4.78 is 25.7. The van der Waals surface area contributed by atoms with E-state index in [1.54, 1.807) is 11.8 Å². The van der Waals surface area contributed by atoms with E-state index in [1.807, 2.05) is 67.6 Å². The van der Waals surface area contributed by atoms with Gasteiger partial charge in [0, 0.05) is 31.9 Å². The van der Waals surface area contributed by atoms with Gasteiger partial charge >= 0.3 is 0 Å². The van der Waals surface area contributed by atoms with Gasteiger partial charge in [-0.15, -0.1) is 0 Å². The molecule has 0 aromatic heterocycles. The number of carbonyl (C=O) groups is 1. The molecule has 1 aliphatic rings. The van der Waals surface area contributed by atoms with E-state index in [1.165, 1.54) is 4.31 Å². The molecule has 1 saturated heterocycles. The number of para-hydroxylation sites is 1. The Kier molecular flexibility index (Phi) is 6.05. The number of nitrogens with zero attached hydrogens (tertiary/aromatic N) is 2. The van der Waals surface area contributed by atoms with Crippen LogP contribution in [0.1, 0.15) is 19.4 Å². The third kappa shape index (κ3) is 4.20. The van der Waals surface area contributed by atoms with Crippen molar-refractivity contribution < 1.29 is 13.2 Å². The number of nitrogens with one attached hydrogen (secondary N) is 1. The summed E-state index contributed by atoms with van der Waals surface area (Å²) in [4.78, 5) is 15.3. The zero-order valence-corrected chi connectivity index (χ0v) is 17.2. The van der Waals surface area contributed by atoms with Crippen molar-refractivity contribution in [3.8, 4) is 0 Å². The maximum atomic E-state index is 13.5. The van der Waals surface area contributed by atoms with E-state index in [4.69, 9.17) is 0 Å². The number of carbonyl (C=O) groups excluding carboxylic acids is 1. The molecule has 0 radical (unpaired) electrons. The molecule has 28 heavy (non-hydrogen) atoms. The van der Waals surface area contributed by atoms with Crippen LogP contribution in [0.2, 0.25) is 0 Å². The molecule has 1 N–H and O–H groups in total. The van der Waals surface area contributed by atoms with Crippen LogP contribution >= 0.6 is 0 Å². The minimum Gasteiger partial charge on any atom is -0.368 e. The fraction of sp³-hybridized carbons (Fsp3) is 0.381. The highest BCUT2D eigenvalue weighted by Gasteiger charge is 2.40. The number of anilines is 1. The van der Waals surface area contributed by atoms with Gasteiger partial charge in [-0.25, -0.2) is 8.42 Å². The van der Waals surface area contributed by atoms with Crippen LogP contribution in [0.4, 0.5) is 5.69 Å². The lowest BCUT2D eigenvalue weighted by Gasteiger charge is -2.40. The fourth-order valence-electron chi connectivity index (χ4n) is 3.50. The molecule has 1 amide bonds. The summed E-state index contributed by atoms with van der Waals surface area (Å²) in [7, 11) is -3.23. The molecular formula is C21H27N3O3S. The number of rotatable bonds is 6. The SMILES string of the molecule is CCS(=O)(=O)N1CCN(C(=O)C(C)(Nc2ccccc2)c2ccccc2)CC1. The first-order chi connectivity index (χ1) is 13.4. The van der Waals surface area contributed by atoms with E-state index in [0.29, 0.717) is 26.2 Å². The van der Waals surface area contributed by atoms with Crippen LogP contribution in [0.25, 0.3) is 0 Å². The van der Waals surface area contributed by atoms with Crippen molar-refractivity contribution in [3.63, 3.8) is 0 Å². The van der Waals surface area contributed by atoms with E-state index in [9.17, 15) is 13.2 Å². The standard InChI is InChI=1S/C21H27N3O3S/c1-3-28(26,27)24-16-14-23(15-17-24)20(25)21(2,18-10-6-4-7-11-18)22-19-12-8-5-9-13-19/h4-13,22H,3,14-17H2,1-2H3. The largest absolute Gasteiger partial charge is 0.368 e. The van der Waals surface area contributed by atoms with Crippen LogP contribution in [-0.2, 0) is 20.4 Å². The predicted octanol–water partition coefficient (Wildman–Crippen LogP) is 2.51. The van der Waals surface area contributed by atoms with Gasteiger partial charge in [-0.05, 0) is 31.5 Å². The lowest BCUT2D eigenvalue weighted by molar-refractivity contribution is -0.137. The smallest absolute Gasteiger partial charge is 0.252 e. The summed E-state index contributed by atoms with van der Waals surface area (Å²) >= 11 is 0. The number of piperazine rings is 1. The molecule has 0 saturated carbocycles. The second kappa shape index (κ2) is 8.32. The molecule has 2 aromatic carbocycles. The quantitative estimate of drug-likeness (QED) is 0.808. The van der Waals surface area contributed by atoms with E-state index < -0.39 is 15.6 Å². The summed E-state index contributed by atoms with van der Waals surface area (Å²) in [5.41, 5.74) is 0.774. The Morgan fingerprint density at radius 1 is 0.964 bits per heavy atom. The molecule has 1 fully saturated rings. The average Bonchev–Trinajstić information content (AvgIpc) is 2.74. The molecule has 1 heterocycles. The van der Waals surface area contributed by atoms with Gasteiger partial charge in [0.2, 0.25) is 10.0 Å². The second-order valence-corrected chi connectivity index (χ2v) is 9.33. The van der Waals surface area contributed by atoms with Crippen molar-refractivity contribution in [2.45, 2.75) is 19.4 Å². The van der Waals surface area contributed by atoms with Crippen LogP contribution in [-0.4, -0.2) is 55.5 Å². The summed E-state index contributed by atoms with van der Waals surface area (Å²) in [6.45, 7) is 4.96. The molecule has 0 aliphatic carbocycles. The predicted molar refractivity (Wildman–Crippen MR) is 111 cm³/mol. The Labute approximate surface area is 167 Å². The highest BCUT2D eigenvalue weighted by molar-refractivity contribution is 7.89.